The van der Waals surface area contributed by atoms with E-state index >= 15 is 0 Å². The molecule has 3 heterocycles. The molecule has 6 nitrogen and oxygen atoms in total. The van der Waals surface area contributed by atoms with Crippen LogP contribution in [0.25, 0.3) is 11.3 Å². The number of anilines is 1. The van der Waals surface area contributed by atoms with Gasteiger partial charge < -0.3 is 19.5 Å². The van der Waals surface area contributed by atoms with Gasteiger partial charge in [-0.05, 0) is 48.9 Å². The molecule has 3 aromatic rings. The van der Waals surface area contributed by atoms with Crippen molar-refractivity contribution in [1.82, 2.24) is 4.98 Å². The van der Waals surface area contributed by atoms with Gasteiger partial charge in [0, 0.05) is 36.5 Å². The van der Waals surface area contributed by atoms with E-state index in [1.165, 1.54) is 18.2 Å². The predicted molar refractivity (Wildman–Crippen MR) is 113 cm³/mol. The zero-order valence-electron chi connectivity index (χ0n) is 16.7. The van der Waals surface area contributed by atoms with Gasteiger partial charge in [-0.3, -0.25) is 4.99 Å². The number of halogens is 3. The molecule has 0 radical (unpaired) electrons. The molecule has 0 bridgehead atoms. The van der Waals surface area contributed by atoms with Crippen LogP contribution in [0, 0.1) is 0 Å². The van der Waals surface area contributed by atoms with Crippen molar-refractivity contribution in [2.75, 3.05) is 18.0 Å². The molecule has 1 unspecified atom stereocenters. The summed E-state index contributed by atoms with van der Waals surface area (Å²) in [5.74, 6) is 1.29. The molecule has 1 saturated heterocycles. The third-order valence-corrected chi connectivity index (χ3v) is 5.25. The Kier molecular flexibility index (Phi) is 4.97. The van der Waals surface area contributed by atoms with Crippen molar-refractivity contribution < 1.29 is 27.8 Å². The molecule has 2 aliphatic rings. The molecule has 1 N–H and O–H groups in total. The Bertz CT molecular complexity index is 1200. The average molecular weight is 441 g/mol. The van der Waals surface area contributed by atoms with Gasteiger partial charge in [-0.1, -0.05) is 6.07 Å². The van der Waals surface area contributed by atoms with Crippen LogP contribution < -0.4 is 14.4 Å². The quantitative estimate of drug-likeness (QED) is 0.481. The first-order chi connectivity index (χ1) is 15.3. The number of ether oxygens (including phenoxy) is 2. The van der Waals surface area contributed by atoms with Crippen LogP contribution in [-0.4, -0.2) is 41.9 Å². The number of alkyl halides is 3. The third kappa shape index (κ3) is 4.24. The SMILES string of the molecule is OC1CCN(c2cccc(-c3ccc4c(c3)C=Nc3cc(OC(F)(F)F)ccc3O4)n2)C1. The highest BCUT2D eigenvalue weighted by Crippen LogP contribution is 2.40. The number of pyridine rings is 1. The summed E-state index contributed by atoms with van der Waals surface area (Å²) in [6, 6.07) is 15.0. The van der Waals surface area contributed by atoms with Crippen molar-refractivity contribution in [3.63, 3.8) is 0 Å². The topological polar surface area (TPSA) is 67.2 Å². The normalized spacial score (nSPS) is 17.4. The van der Waals surface area contributed by atoms with Crippen molar-refractivity contribution >= 4 is 17.7 Å². The van der Waals surface area contributed by atoms with E-state index in [-0.39, 0.29) is 17.5 Å². The van der Waals surface area contributed by atoms with Crippen LogP contribution in [0.15, 0.2) is 59.6 Å². The van der Waals surface area contributed by atoms with Crippen molar-refractivity contribution in [1.29, 1.82) is 0 Å². The molecule has 2 aromatic carbocycles. The number of aromatic nitrogens is 1. The van der Waals surface area contributed by atoms with E-state index in [9.17, 15) is 18.3 Å². The minimum absolute atomic E-state index is 0.234. The smallest absolute Gasteiger partial charge is 0.454 e. The molecule has 0 spiro atoms. The lowest BCUT2D eigenvalue weighted by Crippen LogP contribution is -2.22. The molecule has 1 aromatic heterocycles. The highest BCUT2D eigenvalue weighted by atomic mass is 19.4. The first kappa shape index (κ1) is 20.3. The molecule has 0 saturated carbocycles. The minimum Gasteiger partial charge on any atom is -0.454 e. The fourth-order valence-electron chi connectivity index (χ4n) is 3.75. The standard InChI is InChI=1S/C23H18F3N3O3/c24-23(25,26)32-17-5-7-21-19(11-17)27-12-15-10-14(4-6-20(15)31-21)18-2-1-3-22(28-18)29-9-8-16(30)13-29/h1-7,10-12,16,30H,8-9,13H2. The number of β-amino-alcohol motifs (C(OH)–C–C–N with tert-alkyl or cyclic N) is 1. The third-order valence-electron chi connectivity index (χ3n) is 5.25. The van der Waals surface area contributed by atoms with Crippen molar-refractivity contribution in [2.45, 2.75) is 18.9 Å². The lowest BCUT2D eigenvalue weighted by molar-refractivity contribution is -0.274. The molecule has 9 heteroatoms. The van der Waals surface area contributed by atoms with Gasteiger partial charge in [-0.2, -0.15) is 0 Å². The lowest BCUT2D eigenvalue weighted by atomic mass is 10.1. The van der Waals surface area contributed by atoms with Gasteiger partial charge in [0.25, 0.3) is 0 Å². The summed E-state index contributed by atoms with van der Waals surface area (Å²) in [5, 5.41) is 9.79. The van der Waals surface area contributed by atoms with Gasteiger partial charge in [0.05, 0.1) is 11.8 Å². The molecular formula is C23H18F3N3O3. The molecule has 32 heavy (non-hydrogen) atoms. The highest BCUT2D eigenvalue weighted by Gasteiger charge is 2.31. The summed E-state index contributed by atoms with van der Waals surface area (Å²) in [7, 11) is 0. The average Bonchev–Trinajstić information content (AvgIpc) is 3.11. The van der Waals surface area contributed by atoms with Crippen LogP contribution in [-0.2, 0) is 0 Å². The highest BCUT2D eigenvalue weighted by molar-refractivity contribution is 5.89. The zero-order valence-corrected chi connectivity index (χ0v) is 16.7. The van der Waals surface area contributed by atoms with E-state index in [4.69, 9.17) is 9.72 Å². The Morgan fingerprint density at radius 3 is 2.69 bits per heavy atom. The van der Waals surface area contributed by atoms with Gasteiger partial charge in [0.2, 0.25) is 0 Å². The maximum Gasteiger partial charge on any atom is 0.573 e. The van der Waals surface area contributed by atoms with E-state index in [0.717, 1.165) is 30.0 Å². The van der Waals surface area contributed by atoms with Crippen LogP contribution in [0.3, 0.4) is 0 Å². The van der Waals surface area contributed by atoms with Crippen LogP contribution in [0.4, 0.5) is 24.7 Å². The summed E-state index contributed by atoms with van der Waals surface area (Å²) in [4.78, 5) is 11.1. The number of benzene rings is 2. The number of hydrogen-bond donors (Lipinski definition) is 1. The number of nitrogens with zero attached hydrogens (tertiary/aromatic N) is 3. The zero-order chi connectivity index (χ0) is 22.3. The van der Waals surface area contributed by atoms with Crippen LogP contribution in [0.1, 0.15) is 12.0 Å². The van der Waals surface area contributed by atoms with Crippen LogP contribution in [0.2, 0.25) is 0 Å². The summed E-state index contributed by atoms with van der Waals surface area (Å²) in [6.07, 6.45) is -2.86. The number of aliphatic hydroxyl groups excluding tert-OH is 1. The molecule has 0 aliphatic carbocycles. The fraction of sp³-hybridized carbons (Fsp3) is 0.217. The Morgan fingerprint density at radius 2 is 1.91 bits per heavy atom. The summed E-state index contributed by atoms with van der Waals surface area (Å²) in [5.41, 5.74) is 2.49. The van der Waals surface area contributed by atoms with Gasteiger partial charge in [0.15, 0.2) is 5.75 Å². The number of aliphatic imine (C=N–C) groups is 1. The van der Waals surface area contributed by atoms with E-state index in [1.54, 1.807) is 12.3 Å². The number of rotatable bonds is 3. The molecule has 0 amide bonds. The summed E-state index contributed by atoms with van der Waals surface area (Å²) >= 11 is 0. The first-order valence-electron chi connectivity index (χ1n) is 10.0. The van der Waals surface area contributed by atoms with Crippen molar-refractivity contribution in [2.24, 2.45) is 4.99 Å². The fourth-order valence-corrected chi connectivity index (χ4v) is 3.75. The van der Waals surface area contributed by atoms with E-state index in [1.807, 2.05) is 35.2 Å². The van der Waals surface area contributed by atoms with Gasteiger partial charge in [-0.25, -0.2) is 4.98 Å². The second-order valence-electron chi connectivity index (χ2n) is 7.56. The molecular weight excluding hydrogens is 423 g/mol. The summed E-state index contributed by atoms with van der Waals surface area (Å²) in [6.45, 7) is 1.31. The van der Waals surface area contributed by atoms with Crippen LogP contribution in [0.5, 0.6) is 17.2 Å². The van der Waals surface area contributed by atoms with Crippen molar-refractivity contribution in [3.8, 4) is 28.5 Å². The van der Waals surface area contributed by atoms with Gasteiger partial charge in [-0.15, -0.1) is 13.2 Å². The van der Waals surface area contributed by atoms with E-state index in [2.05, 4.69) is 9.73 Å². The predicted octanol–water partition coefficient (Wildman–Crippen LogP) is 5.07. The van der Waals surface area contributed by atoms with E-state index < -0.39 is 6.36 Å². The Hall–Kier alpha value is -3.59. The first-order valence-corrected chi connectivity index (χ1v) is 10.0. The Labute approximate surface area is 181 Å². The maximum atomic E-state index is 12.5. The monoisotopic (exact) mass is 441 g/mol. The Balaban J connectivity index is 1.43. The largest absolute Gasteiger partial charge is 0.573 e. The van der Waals surface area contributed by atoms with Gasteiger partial charge >= 0.3 is 6.36 Å². The Morgan fingerprint density at radius 1 is 1.06 bits per heavy atom. The van der Waals surface area contributed by atoms with Crippen LogP contribution >= 0.6 is 0 Å². The molecule has 164 valence electrons. The number of aliphatic hydroxyl groups is 1. The van der Waals surface area contributed by atoms with Gasteiger partial charge in [0.1, 0.15) is 23.0 Å². The second kappa shape index (κ2) is 7.83. The second-order valence-corrected chi connectivity index (χ2v) is 7.56. The van der Waals surface area contributed by atoms with Crippen molar-refractivity contribution in [3.05, 3.63) is 60.2 Å². The molecule has 5 rings (SSSR count). The lowest BCUT2D eigenvalue weighted by Gasteiger charge is -2.17. The number of fused-ring (bicyclic) bond motifs is 2. The molecule has 1 fully saturated rings. The maximum absolute atomic E-state index is 12.5. The summed E-state index contributed by atoms with van der Waals surface area (Å²) < 4.78 is 47.4. The number of hydrogen-bond acceptors (Lipinski definition) is 6. The molecule has 2 aliphatic heterocycles. The van der Waals surface area contributed by atoms with E-state index in [0.29, 0.717) is 23.6 Å². The minimum atomic E-state index is -4.78. The molecule has 1 atom stereocenters.